The number of nitrogens with one attached hydrogen (secondary N) is 1. The van der Waals surface area contributed by atoms with Crippen molar-refractivity contribution in [1.82, 2.24) is 4.90 Å². The number of methoxy groups -OCH3 is 1. The van der Waals surface area contributed by atoms with Crippen molar-refractivity contribution in [3.8, 4) is 11.5 Å². The standard InChI is InChI=1S/C22H20I2N2O5S/c1-3-8-31-20-16(24)9-13(10-17(20)30-2)11-18-21(28)26(22(29)32-18)12-19(27)25-15-6-4-14(23)5-7-15/h4-7,9-11H,3,8,12H2,1-2H3,(H,25,27)/b18-11-. The number of benzene rings is 2. The summed E-state index contributed by atoms with van der Waals surface area (Å²) in [5.74, 6) is 0.252. The van der Waals surface area contributed by atoms with Gasteiger partial charge in [-0.2, -0.15) is 0 Å². The SMILES string of the molecule is CCCOc1c(I)cc(/C=C2\SC(=O)N(CC(=O)Nc3ccc(I)cc3)C2=O)cc1OC. The van der Waals surface area contributed by atoms with Gasteiger partial charge >= 0.3 is 0 Å². The van der Waals surface area contributed by atoms with Crippen LogP contribution in [-0.2, 0) is 9.59 Å². The van der Waals surface area contributed by atoms with Crippen molar-refractivity contribution in [1.29, 1.82) is 0 Å². The number of halogens is 2. The topological polar surface area (TPSA) is 84.9 Å². The molecule has 0 spiro atoms. The summed E-state index contributed by atoms with van der Waals surface area (Å²) in [6, 6.07) is 10.8. The van der Waals surface area contributed by atoms with Gasteiger partial charge in [0.25, 0.3) is 11.1 Å². The summed E-state index contributed by atoms with van der Waals surface area (Å²) in [6.45, 7) is 2.23. The molecule has 1 fully saturated rings. The molecule has 0 unspecified atom stereocenters. The number of carbonyl (C=O) groups excluding carboxylic acids is 3. The zero-order valence-corrected chi connectivity index (χ0v) is 22.4. The molecule has 1 aliphatic heterocycles. The van der Waals surface area contributed by atoms with E-state index in [4.69, 9.17) is 9.47 Å². The number of ether oxygens (including phenoxy) is 2. The van der Waals surface area contributed by atoms with E-state index in [2.05, 4.69) is 50.5 Å². The number of carbonyl (C=O) groups is 3. The number of imide groups is 1. The molecule has 1 aliphatic rings. The Balaban J connectivity index is 1.74. The highest BCUT2D eigenvalue weighted by Gasteiger charge is 2.36. The predicted molar refractivity (Wildman–Crippen MR) is 142 cm³/mol. The average molecular weight is 678 g/mol. The second kappa shape index (κ2) is 11.4. The van der Waals surface area contributed by atoms with Gasteiger partial charge in [0.15, 0.2) is 11.5 Å². The van der Waals surface area contributed by atoms with Crippen LogP contribution in [0.15, 0.2) is 41.3 Å². The molecule has 1 N–H and O–H groups in total. The van der Waals surface area contributed by atoms with E-state index >= 15 is 0 Å². The Labute approximate surface area is 217 Å². The van der Waals surface area contributed by atoms with E-state index in [1.54, 1.807) is 31.4 Å². The number of anilines is 1. The van der Waals surface area contributed by atoms with Crippen molar-refractivity contribution >= 4 is 85.8 Å². The van der Waals surface area contributed by atoms with Crippen LogP contribution < -0.4 is 14.8 Å². The van der Waals surface area contributed by atoms with E-state index in [-0.39, 0.29) is 11.4 Å². The Morgan fingerprint density at radius 3 is 2.56 bits per heavy atom. The lowest BCUT2D eigenvalue weighted by Gasteiger charge is -2.13. The summed E-state index contributed by atoms with van der Waals surface area (Å²) >= 11 is 5.12. The largest absolute Gasteiger partial charge is 0.493 e. The molecule has 0 aromatic heterocycles. The van der Waals surface area contributed by atoms with Crippen LogP contribution in [0.25, 0.3) is 6.08 Å². The van der Waals surface area contributed by atoms with E-state index in [0.717, 1.165) is 30.2 Å². The molecule has 3 amide bonds. The number of nitrogens with zero attached hydrogens (tertiary/aromatic N) is 1. The number of thioether (sulfide) groups is 1. The first-order valence-electron chi connectivity index (χ1n) is 9.63. The van der Waals surface area contributed by atoms with Gasteiger partial charge < -0.3 is 14.8 Å². The molecule has 0 bridgehead atoms. The van der Waals surface area contributed by atoms with Crippen molar-refractivity contribution in [3.63, 3.8) is 0 Å². The van der Waals surface area contributed by atoms with Gasteiger partial charge in [-0.3, -0.25) is 19.3 Å². The Kier molecular flexibility index (Phi) is 8.82. The van der Waals surface area contributed by atoms with E-state index in [1.165, 1.54) is 0 Å². The van der Waals surface area contributed by atoms with Crippen LogP contribution in [-0.4, -0.2) is 42.2 Å². The van der Waals surface area contributed by atoms with Crippen LogP contribution >= 0.6 is 56.9 Å². The quantitative estimate of drug-likeness (QED) is 0.299. The number of amides is 3. The Morgan fingerprint density at radius 1 is 1.19 bits per heavy atom. The van der Waals surface area contributed by atoms with Crippen LogP contribution in [0.4, 0.5) is 10.5 Å². The van der Waals surface area contributed by atoms with Crippen LogP contribution in [0.3, 0.4) is 0 Å². The third-order valence-electron chi connectivity index (χ3n) is 4.30. The van der Waals surface area contributed by atoms with Gasteiger partial charge in [0, 0.05) is 9.26 Å². The minimum Gasteiger partial charge on any atom is -0.493 e. The highest BCUT2D eigenvalue weighted by Crippen LogP contribution is 2.37. The van der Waals surface area contributed by atoms with E-state index in [1.807, 2.05) is 25.1 Å². The molecule has 7 nitrogen and oxygen atoms in total. The number of hydrogen-bond acceptors (Lipinski definition) is 6. The molecule has 0 atom stereocenters. The first-order chi connectivity index (χ1) is 15.3. The molecular formula is C22H20I2N2O5S. The van der Waals surface area contributed by atoms with Gasteiger partial charge in [0.1, 0.15) is 6.54 Å². The van der Waals surface area contributed by atoms with Gasteiger partial charge in [0.05, 0.1) is 22.2 Å². The molecule has 32 heavy (non-hydrogen) atoms. The summed E-state index contributed by atoms with van der Waals surface area (Å²) in [5, 5.41) is 2.22. The van der Waals surface area contributed by atoms with Crippen LogP contribution in [0, 0.1) is 7.14 Å². The van der Waals surface area contributed by atoms with Gasteiger partial charge in [-0.1, -0.05) is 6.92 Å². The summed E-state index contributed by atoms with van der Waals surface area (Å²) < 4.78 is 13.1. The Morgan fingerprint density at radius 2 is 1.91 bits per heavy atom. The smallest absolute Gasteiger partial charge is 0.294 e. The van der Waals surface area contributed by atoms with Crippen molar-refractivity contribution in [2.75, 3.05) is 25.6 Å². The summed E-state index contributed by atoms with van der Waals surface area (Å²) in [5.41, 5.74) is 1.30. The second-order valence-electron chi connectivity index (χ2n) is 6.71. The zero-order chi connectivity index (χ0) is 23.3. The second-order valence-corrected chi connectivity index (χ2v) is 10.1. The van der Waals surface area contributed by atoms with E-state index in [0.29, 0.717) is 29.4 Å². The summed E-state index contributed by atoms with van der Waals surface area (Å²) in [6.07, 6.45) is 2.49. The maximum atomic E-state index is 12.8. The molecule has 0 saturated carbocycles. The number of hydrogen-bond donors (Lipinski definition) is 1. The van der Waals surface area contributed by atoms with Crippen molar-refractivity contribution in [2.45, 2.75) is 13.3 Å². The van der Waals surface area contributed by atoms with Crippen LogP contribution in [0.2, 0.25) is 0 Å². The third-order valence-corrected chi connectivity index (χ3v) is 6.73. The highest BCUT2D eigenvalue weighted by atomic mass is 127. The van der Waals surface area contributed by atoms with Crippen molar-refractivity contribution < 1.29 is 23.9 Å². The lowest BCUT2D eigenvalue weighted by atomic mass is 10.2. The molecule has 2 aromatic rings. The highest BCUT2D eigenvalue weighted by molar-refractivity contribution is 14.1. The van der Waals surface area contributed by atoms with Crippen LogP contribution in [0.1, 0.15) is 18.9 Å². The lowest BCUT2D eigenvalue weighted by molar-refractivity contribution is -0.127. The maximum absolute atomic E-state index is 12.8. The molecule has 0 aliphatic carbocycles. The summed E-state index contributed by atoms with van der Waals surface area (Å²) in [7, 11) is 1.55. The number of rotatable bonds is 8. The third kappa shape index (κ3) is 6.16. The van der Waals surface area contributed by atoms with Crippen LogP contribution in [0.5, 0.6) is 11.5 Å². The first kappa shape index (κ1) is 24.8. The van der Waals surface area contributed by atoms with E-state index in [9.17, 15) is 14.4 Å². The molecule has 2 aromatic carbocycles. The first-order valence-corrected chi connectivity index (χ1v) is 12.6. The lowest BCUT2D eigenvalue weighted by Crippen LogP contribution is -2.36. The Hall–Kier alpha value is -1.80. The minimum atomic E-state index is -0.502. The molecule has 10 heteroatoms. The molecule has 0 radical (unpaired) electrons. The van der Waals surface area contributed by atoms with Gasteiger partial charge in [-0.15, -0.1) is 0 Å². The van der Waals surface area contributed by atoms with Crippen molar-refractivity contribution in [2.24, 2.45) is 0 Å². The molecular weight excluding hydrogens is 658 g/mol. The fourth-order valence-corrected chi connectivity index (χ4v) is 4.81. The van der Waals surface area contributed by atoms with Gasteiger partial charge in [-0.05, 0) is 111 Å². The minimum absolute atomic E-state index is 0.247. The summed E-state index contributed by atoms with van der Waals surface area (Å²) in [4.78, 5) is 38.7. The molecule has 168 valence electrons. The fourth-order valence-electron chi connectivity index (χ4n) is 2.83. The average Bonchev–Trinajstić information content (AvgIpc) is 3.01. The van der Waals surface area contributed by atoms with Crippen molar-refractivity contribution in [3.05, 3.63) is 54.0 Å². The zero-order valence-electron chi connectivity index (χ0n) is 17.3. The van der Waals surface area contributed by atoms with Gasteiger partial charge in [-0.25, -0.2) is 0 Å². The fraction of sp³-hybridized carbons (Fsp3) is 0.227. The maximum Gasteiger partial charge on any atom is 0.294 e. The molecule has 3 rings (SSSR count). The monoisotopic (exact) mass is 678 g/mol. The predicted octanol–water partition coefficient (Wildman–Crippen LogP) is 5.37. The molecule has 1 heterocycles. The van der Waals surface area contributed by atoms with E-state index < -0.39 is 17.1 Å². The Bertz CT molecular complexity index is 1070. The molecule has 1 saturated heterocycles. The van der Waals surface area contributed by atoms with Gasteiger partial charge in [0.2, 0.25) is 5.91 Å². The normalized spacial score (nSPS) is 14.8.